The number of rotatable bonds is 14. The number of hydrogen-bond acceptors (Lipinski definition) is 5. The molecule has 3 aromatic carbocycles. The highest BCUT2D eigenvalue weighted by Gasteiger charge is 2.42. The topological polar surface area (TPSA) is 94.1 Å². The van der Waals surface area contributed by atoms with Crippen LogP contribution in [-0.2, 0) is 33.4 Å². The summed E-state index contributed by atoms with van der Waals surface area (Å²) in [4.78, 5) is 26.0. The number of para-hydroxylation sites is 1. The van der Waals surface area contributed by atoms with Gasteiger partial charge in [0, 0.05) is 0 Å². The standard InChI is InChI=1S/C37H51NO6Si/c1-36(2,3)43-35(41)38-31(24-29-21-15-16-22-32(29)42-26-28-19-13-10-14-20-28)33(44-45(7,8)37(4,5)6)25-30(34(39)40)23-27-17-11-9-12-18-27/h9-22,30-31,33H,23-26H2,1-8H3,(H,38,41)(H,39,40). The van der Waals surface area contributed by atoms with E-state index in [0.717, 1.165) is 16.7 Å². The van der Waals surface area contributed by atoms with Crippen LogP contribution < -0.4 is 10.1 Å². The van der Waals surface area contributed by atoms with Crippen LogP contribution in [0.25, 0.3) is 0 Å². The molecule has 0 aliphatic rings. The van der Waals surface area contributed by atoms with Crippen molar-refractivity contribution in [2.45, 2.75) is 103 Å². The fourth-order valence-corrected chi connectivity index (χ4v) is 6.19. The lowest BCUT2D eigenvalue weighted by Gasteiger charge is -2.42. The third-order valence-corrected chi connectivity index (χ3v) is 12.7. The SMILES string of the molecule is CC(C)(C)OC(=O)NC(Cc1ccccc1OCc1ccccc1)C(CC(Cc1ccccc1)C(=O)O)O[Si](C)(C)C(C)(C)C. The molecule has 0 saturated carbocycles. The maximum absolute atomic E-state index is 13.3. The smallest absolute Gasteiger partial charge is 0.407 e. The summed E-state index contributed by atoms with van der Waals surface area (Å²) >= 11 is 0. The van der Waals surface area contributed by atoms with Crippen LogP contribution in [0.1, 0.15) is 64.7 Å². The molecular formula is C37H51NO6Si. The molecule has 3 rings (SSSR count). The Hall–Kier alpha value is -3.62. The first-order chi connectivity index (χ1) is 21.0. The van der Waals surface area contributed by atoms with Crippen LogP contribution in [0.2, 0.25) is 18.1 Å². The van der Waals surface area contributed by atoms with E-state index in [0.29, 0.717) is 25.2 Å². The number of carboxylic acid groups (broad SMARTS) is 1. The van der Waals surface area contributed by atoms with Gasteiger partial charge in [-0.15, -0.1) is 0 Å². The molecule has 0 spiro atoms. The second kappa shape index (κ2) is 15.6. The summed E-state index contributed by atoms with van der Waals surface area (Å²) < 4.78 is 19.0. The van der Waals surface area contributed by atoms with Gasteiger partial charge in [0.2, 0.25) is 0 Å². The maximum atomic E-state index is 13.3. The fourth-order valence-electron chi connectivity index (χ4n) is 4.82. The van der Waals surface area contributed by atoms with Gasteiger partial charge in [-0.25, -0.2) is 4.79 Å². The Bertz CT molecular complexity index is 1360. The maximum Gasteiger partial charge on any atom is 0.407 e. The number of carbonyl (C=O) groups is 2. The van der Waals surface area contributed by atoms with Gasteiger partial charge >= 0.3 is 12.1 Å². The Labute approximate surface area is 270 Å². The minimum atomic E-state index is -2.43. The van der Waals surface area contributed by atoms with E-state index >= 15 is 0 Å². The number of carboxylic acids is 1. The normalized spacial score (nSPS) is 14.2. The number of benzene rings is 3. The Morgan fingerprint density at radius 1 is 0.800 bits per heavy atom. The van der Waals surface area contributed by atoms with Gasteiger partial charge < -0.3 is 24.3 Å². The number of aliphatic carboxylic acids is 1. The summed E-state index contributed by atoms with van der Waals surface area (Å²) in [6.07, 6.45) is -0.256. The number of hydrogen-bond donors (Lipinski definition) is 2. The summed E-state index contributed by atoms with van der Waals surface area (Å²) in [6, 6.07) is 26.7. The molecule has 3 aromatic rings. The van der Waals surface area contributed by atoms with Crippen LogP contribution in [0.5, 0.6) is 5.75 Å². The third-order valence-electron chi connectivity index (χ3n) is 8.24. The van der Waals surface area contributed by atoms with Crippen LogP contribution in [0.3, 0.4) is 0 Å². The van der Waals surface area contributed by atoms with E-state index in [9.17, 15) is 14.7 Å². The lowest BCUT2D eigenvalue weighted by Crippen LogP contribution is -2.54. The van der Waals surface area contributed by atoms with Crippen molar-refractivity contribution in [3.63, 3.8) is 0 Å². The van der Waals surface area contributed by atoms with Crippen LogP contribution in [0.4, 0.5) is 4.79 Å². The van der Waals surface area contributed by atoms with Crippen LogP contribution in [-0.4, -0.2) is 43.2 Å². The van der Waals surface area contributed by atoms with Gasteiger partial charge in [-0.2, -0.15) is 0 Å². The average Bonchev–Trinajstić information content (AvgIpc) is 2.95. The van der Waals surface area contributed by atoms with Crippen LogP contribution in [0, 0.1) is 5.92 Å². The highest BCUT2D eigenvalue weighted by atomic mass is 28.4. The largest absolute Gasteiger partial charge is 0.489 e. The van der Waals surface area contributed by atoms with E-state index in [2.05, 4.69) is 39.2 Å². The minimum Gasteiger partial charge on any atom is -0.489 e. The van der Waals surface area contributed by atoms with Gasteiger partial charge in [-0.1, -0.05) is 99.6 Å². The molecule has 0 radical (unpaired) electrons. The van der Waals surface area contributed by atoms with Crippen LogP contribution >= 0.6 is 0 Å². The minimum absolute atomic E-state index is 0.142. The number of carbonyl (C=O) groups excluding carboxylic acids is 1. The molecule has 0 bridgehead atoms. The average molecular weight is 634 g/mol. The van der Waals surface area contributed by atoms with E-state index in [4.69, 9.17) is 13.9 Å². The summed E-state index contributed by atoms with van der Waals surface area (Å²) in [6.45, 7) is 16.6. The summed E-state index contributed by atoms with van der Waals surface area (Å²) in [5.74, 6) is -0.928. The Morgan fingerprint density at radius 2 is 1.36 bits per heavy atom. The Kier molecular flexibility index (Phi) is 12.4. The number of alkyl carbamates (subject to hydrolysis) is 1. The Balaban J connectivity index is 2.02. The van der Waals surface area contributed by atoms with E-state index < -0.39 is 44.0 Å². The molecule has 2 N–H and O–H groups in total. The van der Waals surface area contributed by atoms with Crippen molar-refractivity contribution in [1.29, 1.82) is 0 Å². The van der Waals surface area contributed by atoms with Crippen molar-refractivity contribution in [3.8, 4) is 5.75 Å². The van der Waals surface area contributed by atoms with Crippen molar-refractivity contribution in [3.05, 3.63) is 102 Å². The van der Waals surface area contributed by atoms with Gasteiger partial charge in [-0.05, 0) is 80.9 Å². The number of amides is 1. The second-order valence-electron chi connectivity index (χ2n) is 14.2. The highest BCUT2D eigenvalue weighted by molar-refractivity contribution is 6.74. The molecule has 45 heavy (non-hydrogen) atoms. The molecule has 0 aliphatic heterocycles. The van der Waals surface area contributed by atoms with Gasteiger partial charge in [0.05, 0.1) is 18.1 Å². The van der Waals surface area contributed by atoms with Crippen molar-refractivity contribution < 1.29 is 28.6 Å². The molecule has 3 atom stereocenters. The molecule has 7 nitrogen and oxygen atoms in total. The lowest BCUT2D eigenvalue weighted by atomic mass is 9.89. The van der Waals surface area contributed by atoms with E-state index in [1.165, 1.54) is 0 Å². The van der Waals surface area contributed by atoms with Crippen molar-refractivity contribution in [2.75, 3.05) is 0 Å². The molecule has 8 heteroatoms. The molecule has 244 valence electrons. The second-order valence-corrected chi connectivity index (χ2v) is 19.0. The zero-order valence-electron chi connectivity index (χ0n) is 28.1. The Morgan fingerprint density at radius 3 is 1.91 bits per heavy atom. The highest BCUT2D eigenvalue weighted by Crippen LogP contribution is 2.39. The van der Waals surface area contributed by atoms with E-state index in [1.54, 1.807) is 0 Å². The lowest BCUT2D eigenvalue weighted by molar-refractivity contribution is -0.142. The monoisotopic (exact) mass is 633 g/mol. The van der Waals surface area contributed by atoms with Gasteiger partial charge in [0.1, 0.15) is 18.0 Å². The molecule has 0 aliphatic carbocycles. The summed E-state index contributed by atoms with van der Waals surface area (Å²) in [5.41, 5.74) is 2.15. The fraction of sp³-hybridized carbons (Fsp3) is 0.459. The molecular weight excluding hydrogens is 582 g/mol. The molecule has 0 fully saturated rings. The van der Waals surface area contributed by atoms with Crippen molar-refractivity contribution in [2.24, 2.45) is 5.92 Å². The molecule has 0 heterocycles. The molecule has 3 unspecified atom stereocenters. The molecule has 0 saturated heterocycles. The van der Waals surface area contributed by atoms with Crippen LogP contribution in [0.15, 0.2) is 84.9 Å². The first kappa shape index (κ1) is 35.9. The van der Waals surface area contributed by atoms with E-state index in [1.807, 2.05) is 106 Å². The first-order valence-electron chi connectivity index (χ1n) is 15.7. The van der Waals surface area contributed by atoms with Crippen molar-refractivity contribution in [1.82, 2.24) is 5.32 Å². The zero-order valence-corrected chi connectivity index (χ0v) is 29.1. The van der Waals surface area contributed by atoms with E-state index in [-0.39, 0.29) is 11.5 Å². The number of nitrogens with one attached hydrogen (secondary N) is 1. The third kappa shape index (κ3) is 11.7. The first-order valence-corrected chi connectivity index (χ1v) is 18.6. The van der Waals surface area contributed by atoms with Gasteiger partial charge in [-0.3, -0.25) is 4.79 Å². The van der Waals surface area contributed by atoms with Crippen molar-refractivity contribution >= 4 is 20.4 Å². The van der Waals surface area contributed by atoms with Gasteiger partial charge in [0.25, 0.3) is 0 Å². The zero-order chi connectivity index (χ0) is 33.3. The summed E-state index contributed by atoms with van der Waals surface area (Å²) in [7, 11) is -2.43. The summed E-state index contributed by atoms with van der Waals surface area (Å²) in [5, 5.41) is 13.3. The molecule has 0 aromatic heterocycles. The number of ether oxygens (including phenoxy) is 2. The predicted molar refractivity (Wildman–Crippen MR) is 182 cm³/mol. The van der Waals surface area contributed by atoms with Gasteiger partial charge in [0.15, 0.2) is 8.32 Å². The predicted octanol–water partition coefficient (Wildman–Crippen LogP) is 8.43. The molecule has 1 amide bonds. The quantitative estimate of drug-likeness (QED) is 0.173.